The van der Waals surface area contributed by atoms with Gasteiger partial charge >= 0.3 is 5.97 Å². The molecule has 21 heavy (non-hydrogen) atoms. The van der Waals surface area contributed by atoms with Crippen LogP contribution in [-0.2, 0) is 31.1 Å². The SMILES string of the molecule is O=C(O)Cc1ccc(S(=O)(=O)NCC2CCCS2(=O)=O)s1. The smallest absolute Gasteiger partial charge is 0.308 e. The molecule has 0 aromatic carbocycles. The van der Waals surface area contributed by atoms with Gasteiger partial charge in [0.25, 0.3) is 0 Å². The van der Waals surface area contributed by atoms with E-state index >= 15 is 0 Å². The Kier molecular flexibility index (Phi) is 4.71. The summed E-state index contributed by atoms with van der Waals surface area (Å²) >= 11 is 0.870. The zero-order valence-electron chi connectivity index (χ0n) is 11.0. The lowest BCUT2D eigenvalue weighted by atomic mass is 10.2. The van der Waals surface area contributed by atoms with Crippen LogP contribution in [0.5, 0.6) is 0 Å². The molecule has 0 radical (unpaired) electrons. The Bertz CT molecular complexity index is 734. The number of thiophene rings is 1. The van der Waals surface area contributed by atoms with Crippen LogP contribution in [0.4, 0.5) is 0 Å². The molecular formula is C11H15NO6S3. The molecular weight excluding hydrogens is 338 g/mol. The number of carboxylic acid groups (broad SMARTS) is 1. The Hall–Kier alpha value is -0.970. The van der Waals surface area contributed by atoms with E-state index in [9.17, 15) is 21.6 Å². The van der Waals surface area contributed by atoms with Crippen LogP contribution in [0.1, 0.15) is 17.7 Å². The summed E-state index contributed by atoms with van der Waals surface area (Å²) in [5.74, 6) is -0.938. The third-order valence-corrected chi connectivity index (χ3v) is 8.47. The van der Waals surface area contributed by atoms with E-state index in [-0.39, 0.29) is 22.9 Å². The van der Waals surface area contributed by atoms with Crippen LogP contribution >= 0.6 is 11.3 Å². The summed E-state index contributed by atoms with van der Waals surface area (Å²) in [4.78, 5) is 11.0. The predicted molar refractivity (Wildman–Crippen MR) is 77.7 cm³/mol. The van der Waals surface area contributed by atoms with Gasteiger partial charge in [-0.2, -0.15) is 0 Å². The molecule has 1 atom stereocenters. The summed E-state index contributed by atoms with van der Waals surface area (Å²) in [6, 6.07) is 2.77. The molecule has 1 aromatic heterocycles. The second-order valence-corrected chi connectivity index (χ2v) is 10.3. The second-order valence-electron chi connectivity index (χ2n) is 4.77. The van der Waals surface area contributed by atoms with Crippen molar-refractivity contribution in [2.75, 3.05) is 12.3 Å². The number of sulfone groups is 1. The molecule has 0 spiro atoms. The van der Waals surface area contributed by atoms with Crippen LogP contribution in [0.25, 0.3) is 0 Å². The number of carbonyl (C=O) groups is 1. The van der Waals surface area contributed by atoms with Gasteiger partial charge in [0.15, 0.2) is 9.84 Å². The molecule has 1 fully saturated rings. The fraction of sp³-hybridized carbons (Fsp3) is 0.545. The zero-order chi connectivity index (χ0) is 15.7. The van der Waals surface area contributed by atoms with Gasteiger partial charge in [-0.15, -0.1) is 11.3 Å². The van der Waals surface area contributed by atoms with E-state index < -0.39 is 31.1 Å². The second kappa shape index (κ2) is 6.03. The number of hydrogen-bond donors (Lipinski definition) is 2. The van der Waals surface area contributed by atoms with Gasteiger partial charge in [-0.3, -0.25) is 4.79 Å². The van der Waals surface area contributed by atoms with Crippen molar-refractivity contribution in [2.24, 2.45) is 0 Å². The number of rotatable bonds is 6. The van der Waals surface area contributed by atoms with E-state index in [2.05, 4.69) is 4.72 Å². The molecule has 1 aliphatic heterocycles. The molecule has 1 aromatic rings. The topological polar surface area (TPSA) is 118 Å². The minimum absolute atomic E-state index is 0.00542. The maximum atomic E-state index is 12.1. The highest BCUT2D eigenvalue weighted by atomic mass is 32.2. The van der Waals surface area contributed by atoms with Gasteiger partial charge in [0.05, 0.1) is 17.4 Å². The number of hydrogen-bond acceptors (Lipinski definition) is 6. The highest BCUT2D eigenvalue weighted by molar-refractivity contribution is 7.93. The molecule has 1 saturated heterocycles. The standard InChI is InChI=1S/C11H15NO6S3/c13-10(14)6-8-3-4-11(19-8)21(17,18)12-7-9-2-1-5-20(9,15)16/h3-4,9,12H,1-2,5-7H2,(H,13,14). The first-order valence-electron chi connectivity index (χ1n) is 6.22. The summed E-state index contributed by atoms with van der Waals surface area (Å²) in [5, 5.41) is 7.98. The minimum atomic E-state index is -3.80. The lowest BCUT2D eigenvalue weighted by Gasteiger charge is -2.10. The van der Waals surface area contributed by atoms with Gasteiger partial charge < -0.3 is 5.11 Å². The van der Waals surface area contributed by atoms with E-state index in [1.807, 2.05) is 0 Å². The number of carboxylic acids is 1. The number of sulfonamides is 1. The van der Waals surface area contributed by atoms with Crippen LogP contribution in [-0.4, -0.2) is 45.5 Å². The van der Waals surface area contributed by atoms with Crippen molar-refractivity contribution < 1.29 is 26.7 Å². The monoisotopic (exact) mass is 353 g/mol. The fourth-order valence-electron chi connectivity index (χ4n) is 2.11. The van der Waals surface area contributed by atoms with Crippen molar-refractivity contribution in [3.8, 4) is 0 Å². The van der Waals surface area contributed by atoms with Crippen LogP contribution < -0.4 is 4.72 Å². The normalized spacial score (nSPS) is 21.4. The van der Waals surface area contributed by atoms with Crippen LogP contribution in [0.15, 0.2) is 16.3 Å². The van der Waals surface area contributed by atoms with Crippen LogP contribution in [0, 0.1) is 0 Å². The first-order valence-corrected chi connectivity index (χ1v) is 10.2. The van der Waals surface area contributed by atoms with Gasteiger partial charge in [0, 0.05) is 11.4 Å². The number of nitrogens with one attached hydrogen (secondary N) is 1. The van der Waals surface area contributed by atoms with Crippen molar-refractivity contribution in [2.45, 2.75) is 28.7 Å². The summed E-state index contributed by atoms with van der Waals surface area (Å²) in [5.41, 5.74) is 0. The molecule has 2 heterocycles. The zero-order valence-corrected chi connectivity index (χ0v) is 13.4. The van der Waals surface area contributed by atoms with Gasteiger partial charge in [-0.05, 0) is 25.0 Å². The maximum Gasteiger partial charge on any atom is 0.308 e. The minimum Gasteiger partial charge on any atom is -0.481 e. The summed E-state index contributed by atoms with van der Waals surface area (Å²) in [6.07, 6.45) is 0.771. The van der Waals surface area contributed by atoms with Gasteiger partial charge in [0.1, 0.15) is 4.21 Å². The van der Waals surface area contributed by atoms with Gasteiger partial charge in [-0.1, -0.05) is 0 Å². The predicted octanol–water partition coefficient (Wildman–Crippen LogP) is 0.231. The van der Waals surface area contributed by atoms with E-state index in [1.165, 1.54) is 12.1 Å². The molecule has 0 saturated carbocycles. The Balaban J connectivity index is 2.05. The molecule has 10 heteroatoms. The molecule has 2 N–H and O–H groups in total. The lowest BCUT2D eigenvalue weighted by Crippen LogP contribution is -2.34. The van der Waals surface area contributed by atoms with Gasteiger partial charge in [0.2, 0.25) is 10.0 Å². The third-order valence-electron chi connectivity index (χ3n) is 3.19. The lowest BCUT2D eigenvalue weighted by molar-refractivity contribution is -0.136. The Morgan fingerprint density at radius 3 is 2.71 bits per heavy atom. The highest BCUT2D eigenvalue weighted by Crippen LogP contribution is 2.23. The van der Waals surface area contributed by atoms with Crippen LogP contribution in [0.2, 0.25) is 0 Å². The van der Waals surface area contributed by atoms with Crippen molar-refractivity contribution in [3.63, 3.8) is 0 Å². The van der Waals surface area contributed by atoms with Gasteiger partial charge in [-0.25, -0.2) is 21.6 Å². The fourth-order valence-corrected chi connectivity index (χ4v) is 6.45. The molecule has 118 valence electrons. The Morgan fingerprint density at radius 2 is 2.14 bits per heavy atom. The van der Waals surface area contributed by atoms with E-state index in [0.717, 1.165) is 11.3 Å². The average molecular weight is 353 g/mol. The van der Waals surface area contributed by atoms with E-state index in [0.29, 0.717) is 17.7 Å². The highest BCUT2D eigenvalue weighted by Gasteiger charge is 2.32. The van der Waals surface area contributed by atoms with E-state index in [4.69, 9.17) is 5.11 Å². The van der Waals surface area contributed by atoms with E-state index in [1.54, 1.807) is 0 Å². The maximum absolute atomic E-state index is 12.1. The Labute approximate surface area is 127 Å². The summed E-state index contributed by atoms with van der Waals surface area (Å²) < 4.78 is 49.7. The van der Waals surface area contributed by atoms with Crippen molar-refractivity contribution in [1.82, 2.24) is 4.72 Å². The molecule has 1 unspecified atom stereocenters. The Morgan fingerprint density at radius 1 is 1.43 bits per heavy atom. The van der Waals surface area contributed by atoms with Crippen molar-refractivity contribution >= 4 is 37.2 Å². The quantitative estimate of drug-likeness (QED) is 0.756. The third kappa shape index (κ3) is 4.02. The number of aliphatic carboxylic acids is 1. The summed E-state index contributed by atoms with van der Waals surface area (Å²) in [6.45, 7) is -0.142. The first-order chi connectivity index (χ1) is 9.71. The molecule has 0 aliphatic carbocycles. The summed E-state index contributed by atoms with van der Waals surface area (Å²) in [7, 11) is -7.01. The van der Waals surface area contributed by atoms with Crippen molar-refractivity contribution in [1.29, 1.82) is 0 Å². The molecule has 0 bridgehead atoms. The van der Waals surface area contributed by atoms with Crippen molar-refractivity contribution in [3.05, 3.63) is 17.0 Å². The molecule has 0 amide bonds. The average Bonchev–Trinajstić information content (AvgIpc) is 2.93. The molecule has 2 rings (SSSR count). The molecule has 1 aliphatic rings. The largest absolute Gasteiger partial charge is 0.481 e. The van der Waals surface area contributed by atoms with Crippen LogP contribution in [0.3, 0.4) is 0 Å². The first kappa shape index (κ1) is 16.4. The molecule has 7 nitrogen and oxygen atoms in total.